The number of carbonyl (C=O) groups excluding carboxylic acids is 3. The molecule has 1 aromatic carbocycles. The first-order valence-corrected chi connectivity index (χ1v) is 7.76. The van der Waals surface area contributed by atoms with Gasteiger partial charge in [0.05, 0.1) is 6.54 Å². The normalized spacial score (nSPS) is 11.0. The highest BCUT2D eigenvalue weighted by molar-refractivity contribution is 5.99. The van der Waals surface area contributed by atoms with Crippen LogP contribution in [0.5, 0.6) is 0 Å². The van der Waals surface area contributed by atoms with E-state index in [9.17, 15) is 14.4 Å². The van der Waals surface area contributed by atoms with Gasteiger partial charge in [0.15, 0.2) is 5.78 Å². The molecule has 5 heteroatoms. The molecule has 0 heterocycles. The first kappa shape index (κ1) is 18.9. The second kappa shape index (κ2) is 7.90. The standard InChI is InChI=1S/C18H26N2O3/c1-12-6-7-13(2)14(10-12)15(21)8-9-16(22)19-11-17(23)20-18(3,4)5/h6-7,10H,8-9,11H2,1-5H3,(H,19,22)(H,20,23). The van der Waals surface area contributed by atoms with Crippen molar-refractivity contribution in [3.63, 3.8) is 0 Å². The minimum Gasteiger partial charge on any atom is -0.350 e. The van der Waals surface area contributed by atoms with Crippen LogP contribution in [0.2, 0.25) is 0 Å². The highest BCUT2D eigenvalue weighted by Gasteiger charge is 2.15. The summed E-state index contributed by atoms with van der Waals surface area (Å²) in [5, 5.41) is 5.29. The number of ketones is 1. The van der Waals surface area contributed by atoms with Crippen molar-refractivity contribution >= 4 is 17.6 Å². The van der Waals surface area contributed by atoms with Gasteiger partial charge in [-0.1, -0.05) is 17.7 Å². The molecule has 2 amide bonds. The van der Waals surface area contributed by atoms with E-state index in [0.29, 0.717) is 5.56 Å². The second-order valence-corrected chi connectivity index (χ2v) is 6.82. The fourth-order valence-electron chi connectivity index (χ4n) is 2.13. The van der Waals surface area contributed by atoms with Crippen molar-refractivity contribution in [3.8, 4) is 0 Å². The Morgan fingerprint density at radius 1 is 1.00 bits per heavy atom. The number of amides is 2. The van der Waals surface area contributed by atoms with Crippen LogP contribution in [0.1, 0.15) is 55.1 Å². The predicted octanol–water partition coefficient (Wildman–Crippen LogP) is 2.30. The van der Waals surface area contributed by atoms with Crippen molar-refractivity contribution in [2.45, 2.75) is 53.0 Å². The molecule has 0 aliphatic carbocycles. The van der Waals surface area contributed by atoms with E-state index in [1.807, 2.05) is 52.8 Å². The molecule has 0 fully saturated rings. The third kappa shape index (κ3) is 7.08. The summed E-state index contributed by atoms with van der Waals surface area (Å²) >= 11 is 0. The molecule has 126 valence electrons. The number of hydrogen-bond acceptors (Lipinski definition) is 3. The van der Waals surface area contributed by atoms with Crippen LogP contribution in [0.25, 0.3) is 0 Å². The van der Waals surface area contributed by atoms with Gasteiger partial charge in [-0.05, 0) is 46.2 Å². The molecule has 1 aromatic rings. The molecule has 0 aliphatic rings. The second-order valence-electron chi connectivity index (χ2n) is 6.82. The Morgan fingerprint density at radius 2 is 1.65 bits per heavy atom. The molecule has 5 nitrogen and oxygen atoms in total. The first-order chi connectivity index (χ1) is 10.6. The number of Topliss-reactive ketones (excluding diaryl/α,β-unsaturated/α-hetero) is 1. The fraction of sp³-hybridized carbons (Fsp3) is 0.500. The zero-order valence-electron chi connectivity index (χ0n) is 14.6. The van der Waals surface area contributed by atoms with Gasteiger partial charge in [0, 0.05) is 23.9 Å². The maximum Gasteiger partial charge on any atom is 0.239 e. The van der Waals surface area contributed by atoms with Crippen LogP contribution < -0.4 is 10.6 Å². The summed E-state index contributed by atoms with van der Waals surface area (Å²) in [6, 6.07) is 5.69. The average molecular weight is 318 g/mol. The third-order valence-corrected chi connectivity index (χ3v) is 3.23. The molecule has 0 spiro atoms. The van der Waals surface area contributed by atoms with Crippen LogP contribution in [0.3, 0.4) is 0 Å². The number of benzene rings is 1. The van der Waals surface area contributed by atoms with Gasteiger partial charge >= 0.3 is 0 Å². The van der Waals surface area contributed by atoms with Crippen molar-refractivity contribution in [2.75, 3.05) is 6.54 Å². The molecule has 0 bridgehead atoms. The molecule has 0 aliphatic heterocycles. The summed E-state index contributed by atoms with van der Waals surface area (Å²) in [5.41, 5.74) is 2.25. The number of nitrogens with one attached hydrogen (secondary N) is 2. The van der Waals surface area contributed by atoms with Crippen LogP contribution >= 0.6 is 0 Å². The van der Waals surface area contributed by atoms with Crippen molar-refractivity contribution in [3.05, 3.63) is 34.9 Å². The number of aryl methyl sites for hydroxylation is 2. The summed E-state index contributed by atoms with van der Waals surface area (Å²) in [4.78, 5) is 35.6. The van der Waals surface area contributed by atoms with Gasteiger partial charge in [-0.15, -0.1) is 0 Å². The van der Waals surface area contributed by atoms with Crippen molar-refractivity contribution in [1.29, 1.82) is 0 Å². The topological polar surface area (TPSA) is 75.3 Å². The average Bonchev–Trinajstić information content (AvgIpc) is 2.43. The lowest BCUT2D eigenvalue weighted by molar-refractivity contribution is -0.126. The molecule has 0 saturated heterocycles. The highest BCUT2D eigenvalue weighted by Crippen LogP contribution is 2.13. The molecule has 2 N–H and O–H groups in total. The molecular formula is C18H26N2O3. The number of carbonyl (C=O) groups is 3. The van der Waals surface area contributed by atoms with E-state index in [0.717, 1.165) is 11.1 Å². The Labute approximate surface area is 137 Å². The van der Waals surface area contributed by atoms with E-state index in [1.165, 1.54) is 0 Å². The maximum absolute atomic E-state index is 12.2. The summed E-state index contributed by atoms with van der Waals surface area (Å²) in [6.07, 6.45) is 0.214. The van der Waals surface area contributed by atoms with Gasteiger partial charge in [-0.25, -0.2) is 0 Å². The summed E-state index contributed by atoms with van der Waals surface area (Å²) in [7, 11) is 0. The van der Waals surface area contributed by atoms with Crippen LogP contribution in [-0.4, -0.2) is 29.7 Å². The lowest BCUT2D eigenvalue weighted by Gasteiger charge is -2.20. The van der Waals surface area contributed by atoms with Crippen molar-refractivity contribution < 1.29 is 14.4 Å². The minimum absolute atomic E-state index is 0.0551. The van der Waals surface area contributed by atoms with Crippen molar-refractivity contribution in [1.82, 2.24) is 10.6 Å². The van der Waals surface area contributed by atoms with Crippen LogP contribution in [0.4, 0.5) is 0 Å². The predicted molar refractivity (Wildman–Crippen MR) is 90.4 cm³/mol. The smallest absolute Gasteiger partial charge is 0.239 e. The van der Waals surface area contributed by atoms with E-state index in [2.05, 4.69) is 10.6 Å². The highest BCUT2D eigenvalue weighted by atomic mass is 16.2. The van der Waals surface area contributed by atoms with Crippen LogP contribution in [-0.2, 0) is 9.59 Å². The summed E-state index contributed by atoms with van der Waals surface area (Å²) < 4.78 is 0. The molecular weight excluding hydrogens is 292 g/mol. The van der Waals surface area contributed by atoms with E-state index in [-0.39, 0.29) is 42.5 Å². The van der Waals surface area contributed by atoms with Crippen LogP contribution in [0.15, 0.2) is 18.2 Å². The van der Waals surface area contributed by atoms with E-state index < -0.39 is 0 Å². The van der Waals surface area contributed by atoms with Gasteiger partial charge in [0.2, 0.25) is 11.8 Å². The molecule has 0 aromatic heterocycles. The zero-order valence-corrected chi connectivity index (χ0v) is 14.6. The Kier molecular flexibility index (Phi) is 6.49. The van der Waals surface area contributed by atoms with E-state index in [4.69, 9.17) is 0 Å². The molecule has 0 atom stereocenters. The Bertz CT molecular complexity index is 601. The SMILES string of the molecule is Cc1ccc(C)c(C(=O)CCC(=O)NCC(=O)NC(C)(C)C)c1. The minimum atomic E-state index is -0.333. The van der Waals surface area contributed by atoms with E-state index in [1.54, 1.807) is 0 Å². The first-order valence-electron chi connectivity index (χ1n) is 7.76. The summed E-state index contributed by atoms with van der Waals surface area (Å²) in [5.74, 6) is -0.597. The molecule has 0 unspecified atom stereocenters. The Hall–Kier alpha value is -2.17. The largest absolute Gasteiger partial charge is 0.350 e. The third-order valence-electron chi connectivity index (χ3n) is 3.23. The maximum atomic E-state index is 12.2. The molecule has 23 heavy (non-hydrogen) atoms. The molecule has 0 radical (unpaired) electrons. The summed E-state index contributed by atoms with van der Waals surface area (Å²) in [6.45, 7) is 9.34. The van der Waals surface area contributed by atoms with Gasteiger partial charge < -0.3 is 10.6 Å². The Morgan fingerprint density at radius 3 is 2.26 bits per heavy atom. The lowest BCUT2D eigenvalue weighted by atomic mass is 9.99. The van der Waals surface area contributed by atoms with Crippen LogP contribution in [0, 0.1) is 13.8 Å². The van der Waals surface area contributed by atoms with Gasteiger partial charge in [0.1, 0.15) is 0 Å². The number of hydrogen-bond donors (Lipinski definition) is 2. The molecule has 0 saturated carbocycles. The van der Waals surface area contributed by atoms with E-state index >= 15 is 0 Å². The number of rotatable bonds is 6. The van der Waals surface area contributed by atoms with Gasteiger partial charge in [-0.3, -0.25) is 14.4 Å². The fourth-order valence-corrected chi connectivity index (χ4v) is 2.13. The van der Waals surface area contributed by atoms with Gasteiger partial charge in [-0.2, -0.15) is 0 Å². The monoisotopic (exact) mass is 318 g/mol. The zero-order chi connectivity index (χ0) is 17.6. The lowest BCUT2D eigenvalue weighted by Crippen LogP contribution is -2.45. The Balaban J connectivity index is 2.43. The molecule has 1 rings (SSSR count). The van der Waals surface area contributed by atoms with Crippen molar-refractivity contribution in [2.24, 2.45) is 0 Å². The van der Waals surface area contributed by atoms with Gasteiger partial charge in [0.25, 0.3) is 0 Å². The quantitative estimate of drug-likeness (QED) is 0.790.